The molecule has 8 rings (SSSR count). The fraction of sp³-hybridized carbons (Fsp3) is 0.625. The van der Waals surface area contributed by atoms with Crippen LogP contribution in [0.1, 0.15) is 120 Å². The Morgan fingerprint density at radius 1 is 0.827 bits per heavy atom. The summed E-state index contributed by atoms with van der Waals surface area (Å²) >= 11 is 0. The number of aromatic nitrogens is 4. The van der Waals surface area contributed by atoms with Gasteiger partial charge in [0, 0.05) is 30.4 Å². The lowest BCUT2D eigenvalue weighted by molar-refractivity contribution is -0.138. The molecule has 2 saturated heterocycles. The average molecular weight is 713 g/mol. The van der Waals surface area contributed by atoms with Gasteiger partial charge in [-0.25, -0.2) is 14.8 Å². The van der Waals surface area contributed by atoms with Crippen LogP contribution in [0.15, 0.2) is 36.7 Å². The first-order chi connectivity index (χ1) is 24.9. The number of likely N-dealkylation sites (N-methyl/N-ethyl adjacent to an activating group) is 1. The van der Waals surface area contributed by atoms with E-state index in [4.69, 9.17) is 9.97 Å². The number of carbonyl (C=O) groups excluding carboxylic acids is 3. The molecule has 3 aromatic rings. The summed E-state index contributed by atoms with van der Waals surface area (Å²) in [7, 11) is 5.27. The lowest BCUT2D eigenvalue weighted by Crippen LogP contribution is -2.48. The number of aromatic amines is 2. The number of nitrogens with one attached hydrogen (secondary N) is 3. The standard InChI is InChI=1S/C40H56N8O4/c1-25(2)33(46(4)5)37(50)48-22-8-9-30(48)34-41-23-29(44-34)27-11-13-28(14-12-27)39-15-18-40(19-16-39,20-17-39)32-24-42-35(45-32)31-10-7-21-47(31)36(49)26(3)43-38(51)52-6/h11-14,23-26,30-31,33H,7-10,15-22H2,1-6H3,(H,41,44)(H,42,45)(H,43,51)/t26?,30-,31-,33-,39?,40?/m0/s1. The van der Waals surface area contributed by atoms with Crippen molar-refractivity contribution < 1.29 is 19.1 Å². The van der Waals surface area contributed by atoms with Crippen molar-refractivity contribution in [1.29, 1.82) is 0 Å². The van der Waals surface area contributed by atoms with Crippen molar-refractivity contribution in [3.8, 4) is 11.3 Å². The van der Waals surface area contributed by atoms with Gasteiger partial charge in [-0.3, -0.25) is 14.5 Å². The monoisotopic (exact) mass is 712 g/mol. The number of ether oxygens (including phenoxy) is 1. The van der Waals surface area contributed by atoms with Crippen LogP contribution in [0, 0.1) is 5.92 Å². The summed E-state index contributed by atoms with van der Waals surface area (Å²) in [5.41, 5.74) is 4.99. The summed E-state index contributed by atoms with van der Waals surface area (Å²) in [6.45, 7) is 7.34. The molecule has 3 N–H and O–H groups in total. The SMILES string of the molecule is COC(=O)NC(C)C(=O)N1CCC[C@H]1c1ncc(C23CCC(c4ccc(-c5cnc([C@@H]6CCCN6C(=O)[C@H](C(C)C)N(C)C)[nH]5)cc4)(CC2)CC3)[nH]1. The van der Waals surface area contributed by atoms with E-state index in [2.05, 4.69) is 58.1 Å². The molecule has 2 bridgehead atoms. The van der Waals surface area contributed by atoms with Gasteiger partial charge in [-0.1, -0.05) is 38.1 Å². The Bertz CT molecular complexity index is 1730. The maximum atomic E-state index is 13.6. The number of hydrogen-bond acceptors (Lipinski definition) is 7. The molecule has 5 fully saturated rings. The lowest BCUT2D eigenvalue weighted by Gasteiger charge is -2.53. The summed E-state index contributed by atoms with van der Waals surface area (Å²) < 4.78 is 4.69. The number of rotatable bonds is 10. The molecular formula is C40H56N8O4. The highest BCUT2D eigenvalue weighted by molar-refractivity contribution is 5.85. The Morgan fingerprint density at radius 3 is 1.96 bits per heavy atom. The smallest absolute Gasteiger partial charge is 0.407 e. The molecule has 4 atom stereocenters. The van der Waals surface area contributed by atoms with Gasteiger partial charge >= 0.3 is 6.09 Å². The number of imidazole rings is 2. The van der Waals surface area contributed by atoms with E-state index in [1.165, 1.54) is 18.4 Å². The zero-order valence-corrected chi connectivity index (χ0v) is 31.7. The number of nitrogens with zero attached hydrogens (tertiary/aromatic N) is 5. The van der Waals surface area contributed by atoms with Crippen LogP contribution < -0.4 is 5.32 Å². The largest absolute Gasteiger partial charge is 0.453 e. The minimum absolute atomic E-state index is 0.0186. The van der Waals surface area contributed by atoms with Gasteiger partial charge in [-0.05, 0) is 108 Å². The fourth-order valence-electron chi connectivity index (χ4n) is 9.90. The van der Waals surface area contributed by atoms with Gasteiger partial charge in [0.15, 0.2) is 0 Å². The maximum absolute atomic E-state index is 13.6. The van der Waals surface area contributed by atoms with E-state index in [9.17, 15) is 14.4 Å². The number of H-pyrrole nitrogens is 2. The van der Waals surface area contributed by atoms with Gasteiger partial charge in [0.05, 0.1) is 37.1 Å². The number of methoxy groups -OCH3 is 1. The number of alkyl carbamates (subject to hydrolysis) is 1. The second-order valence-corrected chi connectivity index (χ2v) is 16.4. The van der Waals surface area contributed by atoms with Gasteiger partial charge < -0.3 is 29.8 Å². The van der Waals surface area contributed by atoms with E-state index in [1.807, 2.05) is 41.2 Å². The molecular weight excluding hydrogens is 656 g/mol. The summed E-state index contributed by atoms with van der Waals surface area (Å²) in [5, 5.41) is 2.61. The molecule has 4 heterocycles. The normalized spacial score (nSPS) is 27.0. The fourth-order valence-corrected chi connectivity index (χ4v) is 9.90. The van der Waals surface area contributed by atoms with Crippen LogP contribution in [0.2, 0.25) is 0 Å². The Kier molecular flexibility index (Phi) is 9.97. The highest BCUT2D eigenvalue weighted by Gasteiger charge is 2.51. The zero-order valence-electron chi connectivity index (χ0n) is 31.7. The van der Waals surface area contributed by atoms with Crippen LogP contribution in [0.4, 0.5) is 4.79 Å². The predicted molar refractivity (Wildman–Crippen MR) is 198 cm³/mol. The molecule has 5 aliphatic rings. The highest BCUT2D eigenvalue weighted by Crippen LogP contribution is 2.58. The van der Waals surface area contributed by atoms with Crippen LogP contribution >= 0.6 is 0 Å². The Balaban J connectivity index is 0.995. The molecule has 2 aliphatic heterocycles. The molecule has 0 spiro atoms. The molecule has 2 aromatic heterocycles. The molecule has 1 aromatic carbocycles. The van der Waals surface area contributed by atoms with Crippen molar-refractivity contribution in [3.05, 3.63) is 59.6 Å². The third kappa shape index (κ3) is 6.52. The zero-order chi connectivity index (χ0) is 36.8. The van der Waals surface area contributed by atoms with Crippen molar-refractivity contribution in [2.75, 3.05) is 34.3 Å². The van der Waals surface area contributed by atoms with E-state index >= 15 is 0 Å². The predicted octanol–water partition coefficient (Wildman–Crippen LogP) is 6.00. The number of benzene rings is 1. The van der Waals surface area contributed by atoms with E-state index < -0.39 is 12.1 Å². The van der Waals surface area contributed by atoms with Gasteiger partial charge in [0.25, 0.3) is 0 Å². The van der Waals surface area contributed by atoms with Crippen molar-refractivity contribution in [3.63, 3.8) is 0 Å². The number of likely N-dealkylation sites (tertiary alicyclic amines) is 2. The average Bonchev–Trinajstić information content (AvgIpc) is 3.98. The summed E-state index contributed by atoms with van der Waals surface area (Å²) in [5.74, 6) is 2.03. The van der Waals surface area contributed by atoms with Crippen molar-refractivity contribution >= 4 is 17.9 Å². The number of fused-ring (bicyclic) bond motifs is 3. The second-order valence-electron chi connectivity index (χ2n) is 16.4. The van der Waals surface area contributed by atoms with Gasteiger partial charge in [0.2, 0.25) is 11.8 Å². The quantitative estimate of drug-likeness (QED) is 0.234. The first-order valence-electron chi connectivity index (χ1n) is 19.3. The van der Waals surface area contributed by atoms with Crippen LogP contribution in [0.5, 0.6) is 0 Å². The highest BCUT2D eigenvalue weighted by atomic mass is 16.5. The third-order valence-corrected chi connectivity index (χ3v) is 12.9. The van der Waals surface area contributed by atoms with E-state index in [1.54, 1.807) is 6.92 Å². The molecule has 52 heavy (non-hydrogen) atoms. The van der Waals surface area contributed by atoms with Crippen LogP contribution in [-0.2, 0) is 25.2 Å². The topological polar surface area (TPSA) is 140 Å². The maximum Gasteiger partial charge on any atom is 0.407 e. The van der Waals surface area contributed by atoms with Crippen LogP contribution in [0.3, 0.4) is 0 Å². The van der Waals surface area contributed by atoms with E-state index in [-0.39, 0.29) is 46.7 Å². The number of amides is 3. The first kappa shape index (κ1) is 36.2. The Morgan fingerprint density at radius 2 is 1.38 bits per heavy atom. The molecule has 0 radical (unpaired) electrons. The molecule has 12 nitrogen and oxygen atoms in total. The molecule has 3 aliphatic carbocycles. The summed E-state index contributed by atoms with van der Waals surface area (Å²) in [4.78, 5) is 61.3. The first-order valence-corrected chi connectivity index (χ1v) is 19.3. The summed E-state index contributed by atoms with van der Waals surface area (Å²) in [6.07, 6.45) is 13.7. The molecule has 280 valence electrons. The van der Waals surface area contributed by atoms with Gasteiger partial charge in [-0.2, -0.15) is 0 Å². The lowest BCUT2D eigenvalue weighted by atomic mass is 9.51. The Hall–Kier alpha value is -4.19. The second kappa shape index (κ2) is 14.3. The molecule has 3 amide bonds. The molecule has 12 heteroatoms. The van der Waals surface area contributed by atoms with Crippen molar-refractivity contribution in [1.82, 2.24) is 40.0 Å². The van der Waals surface area contributed by atoms with Gasteiger partial charge in [0.1, 0.15) is 17.7 Å². The Labute approximate surface area is 307 Å². The van der Waals surface area contributed by atoms with Crippen molar-refractivity contribution in [2.45, 2.75) is 120 Å². The number of carbonyl (C=O) groups is 3. The molecule has 1 unspecified atom stereocenters. The van der Waals surface area contributed by atoms with E-state index in [0.29, 0.717) is 6.54 Å². The molecule has 3 saturated carbocycles. The van der Waals surface area contributed by atoms with Gasteiger partial charge in [-0.15, -0.1) is 0 Å². The number of hydrogen-bond donors (Lipinski definition) is 3. The minimum Gasteiger partial charge on any atom is -0.453 e. The van der Waals surface area contributed by atoms with E-state index in [0.717, 1.165) is 93.7 Å². The van der Waals surface area contributed by atoms with Crippen LogP contribution in [-0.4, -0.2) is 98.9 Å². The summed E-state index contributed by atoms with van der Waals surface area (Å²) in [6, 6.07) is 8.16. The van der Waals surface area contributed by atoms with Crippen molar-refractivity contribution in [2.24, 2.45) is 5.92 Å². The minimum atomic E-state index is -0.664. The third-order valence-electron chi connectivity index (χ3n) is 12.9. The van der Waals surface area contributed by atoms with Crippen LogP contribution in [0.25, 0.3) is 11.3 Å².